The number of carbonyl (C=O) groups excluding carboxylic acids is 1. The van der Waals surface area contributed by atoms with Crippen molar-refractivity contribution in [3.63, 3.8) is 0 Å². The summed E-state index contributed by atoms with van der Waals surface area (Å²) in [4.78, 5) is 12.6. The number of sulfonamides is 1. The van der Waals surface area contributed by atoms with E-state index in [1.807, 2.05) is 31.2 Å². The average molecular weight is 443 g/mol. The molecular formula is C24H30N2O4S. The molecule has 7 heteroatoms. The zero-order valence-electron chi connectivity index (χ0n) is 18.1. The molecule has 1 aliphatic carbocycles. The van der Waals surface area contributed by atoms with Crippen molar-refractivity contribution < 1.29 is 17.9 Å². The lowest BCUT2D eigenvalue weighted by molar-refractivity contribution is -0.128. The first kappa shape index (κ1) is 21.7. The van der Waals surface area contributed by atoms with Crippen LogP contribution in [-0.4, -0.2) is 32.5 Å². The molecule has 0 aromatic heterocycles. The molecule has 1 saturated carbocycles. The van der Waals surface area contributed by atoms with Crippen molar-refractivity contribution in [2.45, 2.75) is 75.5 Å². The number of ether oxygens (including phenoxy) is 1. The highest BCUT2D eigenvalue weighted by Gasteiger charge is 2.35. The Kier molecular flexibility index (Phi) is 6.23. The molecule has 1 amide bonds. The van der Waals surface area contributed by atoms with Crippen LogP contribution in [0, 0.1) is 0 Å². The van der Waals surface area contributed by atoms with Gasteiger partial charge in [-0.15, -0.1) is 0 Å². The maximum Gasteiger partial charge on any atom is 0.264 e. The van der Waals surface area contributed by atoms with Crippen LogP contribution in [-0.2, 0) is 21.2 Å². The monoisotopic (exact) mass is 442 g/mol. The number of anilines is 1. The molecule has 166 valence electrons. The molecule has 2 aliphatic rings. The topological polar surface area (TPSA) is 75.7 Å². The molecule has 0 bridgehead atoms. The lowest BCUT2D eigenvalue weighted by Crippen LogP contribution is -2.43. The van der Waals surface area contributed by atoms with Gasteiger partial charge in [0.2, 0.25) is 0 Å². The van der Waals surface area contributed by atoms with Gasteiger partial charge in [0.15, 0.2) is 6.10 Å². The van der Waals surface area contributed by atoms with E-state index in [1.165, 1.54) is 10.7 Å². The third kappa shape index (κ3) is 4.56. The Morgan fingerprint density at radius 2 is 1.74 bits per heavy atom. The predicted octanol–water partition coefficient (Wildman–Crippen LogP) is 4.04. The van der Waals surface area contributed by atoms with E-state index in [9.17, 15) is 13.2 Å². The van der Waals surface area contributed by atoms with Gasteiger partial charge >= 0.3 is 0 Å². The summed E-state index contributed by atoms with van der Waals surface area (Å²) in [7, 11) is -3.68. The van der Waals surface area contributed by atoms with Crippen molar-refractivity contribution in [3.8, 4) is 5.75 Å². The maximum atomic E-state index is 13.3. The first-order valence-corrected chi connectivity index (χ1v) is 12.5. The number of benzene rings is 2. The number of nitrogens with one attached hydrogen (secondary N) is 1. The van der Waals surface area contributed by atoms with E-state index in [1.54, 1.807) is 31.2 Å². The van der Waals surface area contributed by atoms with Crippen molar-refractivity contribution in [2.24, 2.45) is 0 Å². The predicted molar refractivity (Wildman–Crippen MR) is 121 cm³/mol. The van der Waals surface area contributed by atoms with Gasteiger partial charge in [-0.1, -0.05) is 37.5 Å². The molecular weight excluding hydrogens is 412 g/mol. The third-order valence-electron chi connectivity index (χ3n) is 6.16. The second-order valence-electron chi connectivity index (χ2n) is 8.56. The van der Waals surface area contributed by atoms with E-state index in [2.05, 4.69) is 5.32 Å². The number of para-hydroxylation sites is 1. The summed E-state index contributed by atoms with van der Waals surface area (Å²) in [6.45, 7) is 3.63. The Hall–Kier alpha value is -2.54. The molecule has 1 N–H and O–H groups in total. The Bertz CT molecular complexity index is 1030. The summed E-state index contributed by atoms with van der Waals surface area (Å²) >= 11 is 0. The van der Waals surface area contributed by atoms with Crippen LogP contribution in [0.5, 0.6) is 5.75 Å². The number of amides is 1. The molecule has 1 heterocycles. The highest BCUT2D eigenvalue weighted by Crippen LogP contribution is 2.36. The van der Waals surface area contributed by atoms with Crippen LogP contribution in [0.4, 0.5) is 5.69 Å². The summed E-state index contributed by atoms with van der Waals surface area (Å²) in [5.74, 6) is 0.339. The minimum Gasteiger partial charge on any atom is -0.481 e. The lowest BCUT2D eigenvalue weighted by atomic mass is 9.95. The summed E-state index contributed by atoms with van der Waals surface area (Å²) in [5.41, 5.74) is 1.78. The fourth-order valence-corrected chi connectivity index (χ4v) is 6.22. The molecule has 1 fully saturated rings. The van der Waals surface area contributed by atoms with E-state index in [0.29, 0.717) is 12.2 Å². The van der Waals surface area contributed by atoms with Gasteiger partial charge in [-0.25, -0.2) is 8.42 Å². The fraction of sp³-hybridized carbons (Fsp3) is 0.458. The van der Waals surface area contributed by atoms with Crippen LogP contribution in [0.2, 0.25) is 0 Å². The molecule has 0 saturated heterocycles. The lowest BCUT2D eigenvalue weighted by Gasteiger charge is -2.25. The Morgan fingerprint density at radius 3 is 2.45 bits per heavy atom. The van der Waals surface area contributed by atoms with Gasteiger partial charge in [-0.2, -0.15) is 0 Å². The van der Waals surface area contributed by atoms with Gasteiger partial charge in [-0.3, -0.25) is 9.10 Å². The van der Waals surface area contributed by atoms with Gasteiger partial charge in [0.1, 0.15) is 5.75 Å². The third-order valence-corrected chi connectivity index (χ3v) is 8.10. The SMILES string of the molecule is CC(Oc1ccc(S(=O)(=O)N2c3ccccc3CC2C)cc1)C(=O)NC1CCCCC1. The first-order chi connectivity index (χ1) is 14.9. The van der Waals surface area contributed by atoms with Crippen molar-refractivity contribution in [1.29, 1.82) is 0 Å². The van der Waals surface area contributed by atoms with Crippen LogP contribution >= 0.6 is 0 Å². The van der Waals surface area contributed by atoms with Gasteiger partial charge < -0.3 is 10.1 Å². The number of hydrogen-bond donors (Lipinski definition) is 1. The average Bonchev–Trinajstić information content (AvgIpc) is 3.11. The number of nitrogens with zero attached hydrogens (tertiary/aromatic N) is 1. The normalized spacial score (nSPS) is 20.2. The van der Waals surface area contributed by atoms with Crippen LogP contribution < -0.4 is 14.4 Å². The Balaban J connectivity index is 1.43. The summed E-state index contributed by atoms with van der Waals surface area (Å²) in [6, 6.07) is 14.0. The zero-order chi connectivity index (χ0) is 22.0. The number of carbonyl (C=O) groups is 1. The van der Waals surface area contributed by atoms with E-state index in [0.717, 1.165) is 36.9 Å². The fourth-order valence-electron chi connectivity index (χ4n) is 4.53. The Morgan fingerprint density at radius 1 is 1.06 bits per heavy atom. The molecule has 0 spiro atoms. The summed E-state index contributed by atoms with van der Waals surface area (Å²) in [5, 5.41) is 3.06. The van der Waals surface area contributed by atoms with Gasteiger partial charge in [0.05, 0.1) is 10.6 Å². The number of rotatable bonds is 6. The van der Waals surface area contributed by atoms with E-state index < -0.39 is 16.1 Å². The summed E-state index contributed by atoms with van der Waals surface area (Å²) < 4.78 is 33.8. The Labute approximate surface area is 184 Å². The van der Waals surface area contributed by atoms with Crippen molar-refractivity contribution >= 4 is 21.6 Å². The standard InChI is InChI=1S/C24H30N2O4S/c1-17-16-19-8-6-7-11-23(19)26(17)31(28,29)22-14-12-21(13-15-22)30-18(2)24(27)25-20-9-4-3-5-10-20/h6-8,11-15,17-18,20H,3-5,9-10,16H2,1-2H3,(H,25,27). The van der Waals surface area contributed by atoms with Crippen LogP contribution in [0.1, 0.15) is 51.5 Å². The van der Waals surface area contributed by atoms with Crippen LogP contribution in [0.25, 0.3) is 0 Å². The number of hydrogen-bond acceptors (Lipinski definition) is 4. The molecule has 0 radical (unpaired) electrons. The highest BCUT2D eigenvalue weighted by atomic mass is 32.2. The molecule has 31 heavy (non-hydrogen) atoms. The second kappa shape index (κ2) is 8.91. The second-order valence-corrected chi connectivity index (χ2v) is 10.4. The minimum absolute atomic E-state index is 0.133. The van der Waals surface area contributed by atoms with Gasteiger partial charge in [0.25, 0.3) is 15.9 Å². The van der Waals surface area contributed by atoms with Gasteiger partial charge in [-0.05, 0) is 69.0 Å². The molecule has 1 aliphatic heterocycles. The van der Waals surface area contributed by atoms with Crippen LogP contribution in [0.15, 0.2) is 53.4 Å². The highest BCUT2D eigenvalue weighted by molar-refractivity contribution is 7.92. The van der Waals surface area contributed by atoms with Gasteiger partial charge in [0, 0.05) is 12.1 Å². The number of fused-ring (bicyclic) bond motifs is 1. The van der Waals surface area contributed by atoms with Crippen LogP contribution in [0.3, 0.4) is 0 Å². The van der Waals surface area contributed by atoms with E-state index in [4.69, 9.17) is 4.74 Å². The molecule has 6 nitrogen and oxygen atoms in total. The molecule has 2 atom stereocenters. The molecule has 2 aromatic rings. The molecule has 4 rings (SSSR count). The smallest absolute Gasteiger partial charge is 0.264 e. The van der Waals surface area contributed by atoms with E-state index >= 15 is 0 Å². The largest absolute Gasteiger partial charge is 0.481 e. The summed E-state index contributed by atoms with van der Waals surface area (Å²) in [6.07, 6.45) is 5.62. The van der Waals surface area contributed by atoms with E-state index in [-0.39, 0.29) is 22.9 Å². The van der Waals surface area contributed by atoms with Crippen molar-refractivity contribution in [2.75, 3.05) is 4.31 Å². The quantitative estimate of drug-likeness (QED) is 0.733. The maximum absolute atomic E-state index is 13.3. The first-order valence-electron chi connectivity index (χ1n) is 11.1. The molecule has 2 unspecified atom stereocenters. The van der Waals surface area contributed by atoms with Crippen molar-refractivity contribution in [3.05, 3.63) is 54.1 Å². The molecule has 2 aromatic carbocycles. The minimum atomic E-state index is -3.68. The zero-order valence-corrected chi connectivity index (χ0v) is 18.9. The van der Waals surface area contributed by atoms with Crippen molar-refractivity contribution in [1.82, 2.24) is 5.32 Å².